The van der Waals surface area contributed by atoms with Gasteiger partial charge < -0.3 is 10.1 Å². The monoisotopic (exact) mass is 253 g/mol. The van der Waals surface area contributed by atoms with Gasteiger partial charge in [-0.2, -0.15) is 0 Å². The molecule has 1 rings (SSSR count). The van der Waals surface area contributed by atoms with Gasteiger partial charge in [-0.05, 0) is 24.9 Å². The first-order valence-electron chi connectivity index (χ1n) is 6.79. The molecule has 0 radical (unpaired) electrons. The van der Waals surface area contributed by atoms with Gasteiger partial charge in [-0.15, -0.1) is 0 Å². The first kappa shape index (κ1) is 15.0. The van der Waals surface area contributed by atoms with E-state index in [4.69, 9.17) is 4.74 Å². The second-order valence-corrected chi connectivity index (χ2v) is 4.71. The highest BCUT2D eigenvalue weighted by atomic mass is 19.1. The van der Waals surface area contributed by atoms with Crippen molar-refractivity contribution in [2.24, 2.45) is 5.92 Å². The van der Waals surface area contributed by atoms with Crippen LogP contribution in [-0.4, -0.2) is 13.2 Å². The Morgan fingerprint density at radius 1 is 1.33 bits per heavy atom. The van der Waals surface area contributed by atoms with E-state index in [0.29, 0.717) is 24.8 Å². The summed E-state index contributed by atoms with van der Waals surface area (Å²) in [4.78, 5) is 0. The topological polar surface area (TPSA) is 21.3 Å². The fraction of sp³-hybridized carbons (Fsp3) is 0.600. The summed E-state index contributed by atoms with van der Waals surface area (Å²) in [6.45, 7) is 8.40. The molecule has 0 aliphatic carbocycles. The maximum absolute atomic E-state index is 13.8. The lowest BCUT2D eigenvalue weighted by Crippen LogP contribution is -2.15. The summed E-state index contributed by atoms with van der Waals surface area (Å²) in [6.07, 6.45) is 2.24. The molecule has 0 aliphatic rings. The molecule has 3 heteroatoms. The Morgan fingerprint density at radius 2 is 2.11 bits per heavy atom. The van der Waals surface area contributed by atoms with Crippen molar-refractivity contribution in [2.75, 3.05) is 13.2 Å². The molecule has 1 N–H and O–H groups in total. The van der Waals surface area contributed by atoms with E-state index in [2.05, 4.69) is 19.2 Å². The Morgan fingerprint density at radius 3 is 2.78 bits per heavy atom. The molecule has 0 bridgehead atoms. The standard InChI is InChI=1S/C15H24FNO/c1-4-7-12(3)11-18-15-13(10-17-5-2)8-6-9-14(15)16/h6,8-9,12,17H,4-5,7,10-11H2,1-3H3. The Bertz CT molecular complexity index is 354. The van der Waals surface area contributed by atoms with Gasteiger partial charge in [-0.3, -0.25) is 0 Å². The zero-order valence-corrected chi connectivity index (χ0v) is 11.6. The Hall–Kier alpha value is -1.09. The van der Waals surface area contributed by atoms with Crippen molar-refractivity contribution in [2.45, 2.75) is 40.2 Å². The van der Waals surface area contributed by atoms with Crippen molar-refractivity contribution >= 4 is 0 Å². The summed E-state index contributed by atoms with van der Waals surface area (Å²) in [5.74, 6) is 0.595. The molecule has 0 aromatic heterocycles. The van der Waals surface area contributed by atoms with Gasteiger partial charge in [-0.25, -0.2) is 4.39 Å². The molecule has 1 unspecified atom stereocenters. The van der Waals surface area contributed by atoms with Crippen LogP contribution in [0.15, 0.2) is 18.2 Å². The number of para-hydroxylation sites is 1. The second kappa shape index (κ2) is 8.09. The molecular formula is C15H24FNO. The van der Waals surface area contributed by atoms with Gasteiger partial charge in [0.05, 0.1) is 6.61 Å². The number of nitrogens with one attached hydrogen (secondary N) is 1. The molecule has 0 fully saturated rings. The highest BCUT2D eigenvalue weighted by Crippen LogP contribution is 2.23. The maximum atomic E-state index is 13.8. The lowest BCUT2D eigenvalue weighted by Gasteiger charge is -2.16. The number of rotatable bonds is 8. The predicted molar refractivity (Wildman–Crippen MR) is 73.3 cm³/mol. The summed E-state index contributed by atoms with van der Waals surface area (Å²) >= 11 is 0. The zero-order chi connectivity index (χ0) is 13.4. The van der Waals surface area contributed by atoms with Gasteiger partial charge in [0.25, 0.3) is 0 Å². The third-order valence-electron chi connectivity index (χ3n) is 2.91. The summed E-state index contributed by atoms with van der Waals surface area (Å²) < 4.78 is 19.4. The van der Waals surface area contributed by atoms with Crippen LogP contribution in [0.25, 0.3) is 0 Å². The first-order valence-corrected chi connectivity index (χ1v) is 6.79. The molecule has 1 atom stereocenters. The van der Waals surface area contributed by atoms with Crippen LogP contribution < -0.4 is 10.1 Å². The fourth-order valence-electron chi connectivity index (χ4n) is 1.92. The molecule has 0 aliphatic heterocycles. The SMILES string of the molecule is CCCC(C)COc1c(F)cccc1CNCC. The van der Waals surface area contributed by atoms with Crippen LogP contribution in [0.5, 0.6) is 5.75 Å². The molecule has 0 saturated carbocycles. The van der Waals surface area contributed by atoms with Crippen molar-refractivity contribution in [1.82, 2.24) is 5.32 Å². The van der Waals surface area contributed by atoms with Crippen molar-refractivity contribution < 1.29 is 9.13 Å². The van der Waals surface area contributed by atoms with E-state index in [0.717, 1.165) is 24.9 Å². The third-order valence-corrected chi connectivity index (χ3v) is 2.91. The zero-order valence-electron chi connectivity index (χ0n) is 11.6. The minimum atomic E-state index is -0.269. The van der Waals surface area contributed by atoms with Crippen LogP contribution in [0, 0.1) is 11.7 Å². The minimum Gasteiger partial charge on any atom is -0.490 e. The fourth-order valence-corrected chi connectivity index (χ4v) is 1.92. The van der Waals surface area contributed by atoms with Gasteiger partial charge in [-0.1, -0.05) is 39.3 Å². The van der Waals surface area contributed by atoms with Gasteiger partial charge >= 0.3 is 0 Å². The van der Waals surface area contributed by atoms with E-state index >= 15 is 0 Å². The predicted octanol–water partition coefficient (Wildman–Crippen LogP) is 3.75. The molecule has 102 valence electrons. The maximum Gasteiger partial charge on any atom is 0.165 e. The van der Waals surface area contributed by atoms with Crippen molar-refractivity contribution in [3.63, 3.8) is 0 Å². The van der Waals surface area contributed by atoms with E-state index in [1.807, 2.05) is 13.0 Å². The van der Waals surface area contributed by atoms with E-state index in [-0.39, 0.29) is 5.82 Å². The number of halogens is 1. The van der Waals surface area contributed by atoms with Gasteiger partial charge in [0.2, 0.25) is 0 Å². The molecule has 0 amide bonds. The molecule has 1 aromatic carbocycles. The molecule has 18 heavy (non-hydrogen) atoms. The van der Waals surface area contributed by atoms with Crippen molar-refractivity contribution in [1.29, 1.82) is 0 Å². The van der Waals surface area contributed by atoms with Crippen LogP contribution in [-0.2, 0) is 6.54 Å². The van der Waals surface area contributed by atoms with E-state index < -0.39 is 0 Å². The Kier molecular flexibility index (Phi) is 6.73. The average Bonchev–Trinajstić information content (AvgIpc) is 2.35. The lowest BCUT2D eigenvalue weighted by atomic mass is 10.1. The molecular weight excluding hydrogens is 229 g/mol. The van der Waals surface area contributed by atoms with Gasteiger partial charge in [0.1, 0.15) is 0 Å². The summed E-state index contributed by atoms with van der Waals surface area (Å²) in [6, 6.07) is 5.09. The number of benzene rings is 1. The molecule has 0 saturated heterocycles. The highest BCUT2D eigenvalue weighted by molar-refractivity contribution is 5.34. The van der Waals surface area contributed by atoms with Crippen LogP contribution >= 0.6 is 0 Å². The average molecular weight is 253 g/mol. The smallest absolute Gasteiger partial charge is 0.165 e. The number of hydrogen-bond acceptors (Lipinski definition) is 2. The molecule has 0 spiro atoms. The van der Waals surface area contributed by atoms with E-state index in [1.54, 1.807) is 6.07 Å². The van der Waals surface area contributed by atoms with Crippen LogP contribution in [0.4, 0.5) is 4.39 Å². The van der Waals surface area contributed by atoms with E-state index in [1.165, 1.54) is 6.07 Å². The van der Waals surface area contributed by atoms with Crippen molar-refractivity contribution in [3.05, 3.63) is 29.6 Å². The largest absolute Gasteiger partial charge is 0.490 e. The quantitative estimate of drug-likeness (QED) is 0.762. The van der Waals surface area contributed by atoms with E-state index in [9.17, 15) is 4.39 Å². The summed E-state index contributed by atoms with van der Waals surface area (Å²) in [7, 11) is 0. The first-order chi connectivity index (χ1) is 8.69. The second-order valence-electron chi connectivity index (χ2n) is 4.71. The Balaban J connectivity index is 2.66. The van der Waals surface area contributed by atoms with Crippen LogP contribution in [0.1, 0.15) is 39.2 Å². The normalized spacial score (nSPS) is 12.4. The van der Waals surface area contributed by atoms with Gasteiger partial charge in [0, 0.05) is 12.1 Å². The molecule has 0 heterocycles. The lowest BCUT2D eigenvalue weighted by molar-refractivity contribution is 0.239. The Labute approximate surface area is 110 Å². The van der Waals surface area contributed by atoms with Gasteiger partial charge in [0.15, 0.2) is 11.6 Å². The molecule has 2 nitrogen and oxygen atoms in total. The summed E-state index contributed by atoms with van der Waals surface area (Å²) in [5, 5.41) is 3.20. The minimum absolute atomic E-state index is 0.269. The van der Waals surface area contributed by atoms with Crippen LogP contribution in [0.2, 0.25) is 0 Å². The highest BCUT2D eigenvalue weighted by Gasteiger charge is 2.11. The molecule has 1 aromatic rings. The third kappa shape index (κ3) is 4.65. The van der Waals surface area contributed by atoms with Crippen LogP contribution in [0.3, 0.4) is 0 Å². The number of ether oxygens (including phenoxy) is 1. The number of hydrogen-bond donors (Lipinski definition) is 1. The summed E-state index contributed by atoms with van der Waals surface area (Å²) in [5.41, 5.74) is 0.889. The van der Waals surface area contributed by atoms with Crippen molar-refractivity contribution in [3.8, 4) is 5.75 Å².